The molecule has 0 radical (unpaired) electrons. The maximum Gasteiger partial charge on any atom is 0.326 e. The molecule has 1 saturated heterocycles. The summed E-state index contributed by atoms with van der Waals surface area (Å²) in [5, 5.41) is 2.87. The van der Waals surface area contributed by atoms with Gasteiger partial charge in [-0.1, -0.05) is 49.4 Å². The van der Waals surface area contributed by atoms with Crippen molar-refractivity contribution in [1.29, 1.82) is 0 Å². The van der Waals surface area contributed by atoms with E-state index in [2.05, 4.69) is 5.32 Å². The number of hydrogen-bond donors (Lipinski definition) is 1. The zero-order chi connectivity index (χ0) is 18.7. The molecule has 1 aliphatic rings. The number of carbonyl (C=O) groups excluding carboxylic acids is 2. The van der Waals surface area contributed by atoms with E-state index in [-0.39, 0.29) is 18.4 Å². The highest BCUT2D eigenvalue weighted by atomic mass is 19.1. The molecule has 1 atom stereocenters. The molecule has 1 N–H and O–H groups in total. The largest absolute Gasteiger partial charge is 0.326 e. The minimum Gasteiger partial charge on any atom is -0.319 e. The van der Waals surface area contributed by atoms with Crippen molar-refractivity contribution in [3.63, 3.8) is 0 Å². The lowest BCUT2D eigenvalue weighted by Crippen LogP contribution is -2.44. The van der Waals surface area contributed by atoms with Gasteiger partial charge in [0.1, 0.15) is 11.4 Å². The Labute approximate surface area is 152 Å². The van der Waals surface area contributed by atoms with Gasteiger partial charge in [-0.15, -0.1) is 0 Å². The quantitative estimate of drug-likeness (QED) is 0.810. The van der Waals surface area contributed by atoms with Crippen LogP contribution in [0, 0.1) is 5.82 Å². The van der Waals surface area contributed by atoms with Crippen LogP contribution in [0.15, 0.2) is 54.6 Å². The number of rotatable bonds is 6. The standard InChI is InChI=1S/C20H22FN3O2/c1-3-20(16-7-5-4-6-8-16)18(25)24(19(26)22-20)14-23(2)13-15-9-11-17(21)12-10-15/h4-12H,3,13-14H2,1-2H3,(H,22,26)/t20-/m0/s1. The molecule has 136 valence electrons. The molecule has 3 rings (SSSR count). The average molecular weight is 355 g/mol. The van der Waals surface area contributed by atoms with Crippen LogP contribution in [0.5, 0.6) is 0 Å². The SMILES string of the molecule is CC[C@@]1(c2ccccc2)NC(=O)N(CN(C)Cc2ccc(F)cc2)C1=O. The Morgan fingerprint density at radius 3 is 2.35 bits per heavy atom. The summed E-state index contributed by atoms with van der Waals surface area (Å²) in [4.78, 5) is 28.6. The second-order valence-corrected chi connectivity index (χ2v) is 6.57. The Bertz CT molecular complexity index is 794. The van der Waals surface area contributed by atoms with Crippen LogP contribution in [0.25, 0.3) is 0 Å². The lowest BCUT2D eigenvalue weighted by molar-refractivity contribution is -0.133. The summed E-state index contributed by atoms with van der Waals surface area (Å²) in [6, 6.07) is 15.1. The van der Waals surface area contributed by atoms with Crippen molar-refractivity contribution in [2.24, 2.45) is 0 Å². The van der Waals surface area contributed by atoms with E-state index in [0.717, 1.165) is 11.1 Å². The lowest BCUT2D eigenvalue weighted by Gasteiger charge is -2.27. The minimum absolute atomic E-state index is 0.163. The molecule has 5 nitrogen and oxygen atoms in total. The van der Waals surface area contributed by atoms with Crippen LogP contribution in [0.3, 0.4) is 0 Å². The number of urea groups is 1. The van der Waals surface area contributed by atoms with Crippen molar-refractivity contribution < 1.29 is 14.0 Å². The number of halogens is 1. The number of nitrogens with one attached hydrogen (secondary N) is 1. The van der Waals surface area contributed by atoms with Crippen LogP contribution in [0.1, 0.15) is 24.5 Å². The maximum absolute atomic E-state index is 13.1. The number of imide groups is 1. The van der Waals surface area contributed by atoms with E-state index >= 15 is 0 Å². The first kappa shape index (κ1) is 18.1. The minimum atomic E-state index is -1.02. The second-order valence-electron chi connectivity index (χ2n) is 6.57. The smallest absolute Gasteiger partial charge is 0.319 e. The van der Waals surface area contributed by atoms with E-state index in [9.17, 15) is 14.0 Å². The van der Waals surface area contributed by atoms with Crippen LogP contribution in [-0.2, 0) is 16.9 Å². The fourth-order valence-electron chi connectivity index (χ4n) is 3.31. The van der Waals surface area contributed by atoms with E-state index in [4.69, 9.17) is 0 Å². The summed E-state index contributed by atoms with van der Waals surface area (Å²) in [5.74, 6) is -0.539. The summed E-state index contributed by atoms with van der Waals surface area (Å²) in [7, 11) is 1.82. The third-order valence-corrected chi connectivity index (χ3v) is 4.72. The lowest BCUT2D eigenvalue weighted by atomic mass is 9.87. The summed E-state index contributed by atoms with van der Waals surface area (Å²) < 4.78 is 13.0. The van der Waals surface area contributed by atoms with E-state index in [0.29, 0.717) is 13.0 Å². The molecule has 2 aromatic carbocycles. The third-order valence-electron chi connectivity index (χ3n) is 4.72. The fourth-order valence-corrected chi connectivity index (χ4v) is 3.31. The number of benzene rings is 2. The van der Waals surface area contributed by atoms with E-state index < -0.39 is 11.6 Å². The van der Waals surface area contributed by atoms with Gasteiger partial charge in [0.2, 0.25) is 0 Å². The second kappa shape index (κ2) is 7.25. The van der Waals surface area contributed by atoms with Gasteiger partial charge in [-0.05, 0) is 36.7 Å². The predicted octanol–water partition coefficient (Wildman–Crippen LogP) is 3.07. The molecule has 0 saturated carbocycles. The molecule has 0 bridgehead atoms. The third kappa shape index (κ3) is 3.32. The van der Waals surface area contributed by atoms with Crippen LogP contribution >= 0.6 is 0 Å². The van der Waals surface area contributed by atoms with Gasteiger partial charge in [-0.25, -0.2) is 14.1 Å². The van der Waals surface area contributed by atoms with E-state index in [1.165, 1.54) is 17.0 Å². The Morgan fingerprint density at radius 1 is 1.08 bits per heavy atom. The number of carbonyl (C=O) groups is 2. The molecular formula is C20H22FN3O2. The molecule has 6 heteroatoms. The Morgan fingerprint density at radius 2 is 1.73 bits per heavy atom. The van der Waals surface area contributed by atoms with Crippen molar-refractivity contribution >= 4 is 11.9 Å². The zero-order valence-corrected chi connectivity index (χ0v) is 14.9. The van der Waals surface area contributed by atoms with Gasteiger partial charge in [-0.2, -0.15) is 0 Å². The monoisotopic (exact) mass is 355 g/mol. The molecule has 3 amide bonds. The van der Waals surface area contributed by atoms with Gasteiger partial charge < -0.3 is 5.32 Å². The summed E-state index contributed by atoms with van der Waals surface area (Å²) in [5.41, 5.74) is 0.671. The van der Waals surface area contributed by atoms with Crippen molar-refractivity contribution in [2.75, 3.05) is 13.7 Å². The van der Waals surface area contributed by atoms with Gasteiger partial charge in [0, 0.05) is 6.54 Å². The van der Waals surface area contributed by atoms with Crippen molar-refractivity contribution in [2.45, 2.75) is 25.4 Å². The normalized spacial score (nSPS) is 19.9. The highest BCUT2D eigenvalue weighted by molar-refractivity contribution is 6.07. The first-order valence-electron chi connectivity index (χ1n) is 8.59. The molecule has 0 spiro atoms. The first-order valence-corrected chi connectivity index (χ1v) is 8.59. The van der Waals surface area contributed by atoms with E-state index in [1.54, 1.807) is 12.1 Å². The van der Waals surface area contributed by atoms with Crippen molar-refractivity contribution in [3.8, 4) is 0 Å². The molecule has 0 aliphatic carbocycles. The van der Waals surface area contributed by atoms with Gasteiger partial charge in [0.15, 0.2) is 0 Å². The zero-order valence-electron chi connectivity index (χ0n) is 14.9. The molecular weight excluding hydrogens is 333 g/mol. The number of amides is 3. The van der Waals surface area contributed by atoms with Crippen LogP contribution in [-0.4, -0.2) is 35.5 Å². The van der Waals surface area contributed by atoms with Gasteiger partial charge in [0.05, 0.1) is 6.67 Å². The topological polar surface area (TPSA) is 52.7 Å². The molecule has 26 heavy (non-hydrogen) atoms. The van der Waals surface area contributed by atoms with Crippen LogP contribution in [0.2, 0.25) is 0 Å². The summed E-state index contributed by atoms with van der Waals surface area (Å²) >= 11 is 0. The average Bonchev–Trinajstić information content (AvgIpc) is 2.89. The van der Waals surface area contributed by atoms with Crippen LogP contribution in [0.4, 0.5) is 9.18 Å². The van der Waals surface area contributed by atoms with E-state index in [1.807, 2.05) is 49.2 Å². The fraction of sp³-hybridized carbons (Fsp3) is 0.300. The molecule has 0 unspecified atom stereocenters. The van der Waals surface area contributed by atoms with Gasteiger partial charge in [-0.3, -0.25) is 9.69 Å². The molecule has 1 fully saturated rings. The Kier molecular flexibility index (Phi) is 5.04. The Balaban J connectivity index is 1.75. The maximum atomic E-state index is 13.1. The molecule has 2 aromatic rings. The number of hydrogen-bond acceptors (Lipinski definition) is 3. The first-order chi connectivity index (χ1) is 12.5. The number of nitrogens with zero attached hydrogens (tertiary/aromatic N) is 2. The highest BCUT2D eigenvalue weighted by Crippen LogP contribution is 2.32. The van der Waals surface area contributed by atoms with Crippen LogP contribution < -0.4 is 5.32 Å². The van der Waals surface area contributed by atoms with Gasteiger partial charge in [0.25, 0.3) is 5.91 Å². The predicted molar refractivity (Wildman–Crippen MR) is 96.5 cm³/mol. The van der Waals surface area contributed by atoms with Crippen molar-refractivity contribution in [3.05, 3.63) is 71.5 Å². The molecule has 0 aromatic heterocycles. The van der Waals surface area contributed by atoms with Gasteiger partial charge >= 0.3 is 6.03 Å². The highest BCUT2D eigenvalue weighted by Gasteiger charge is 2.51. The Hall–Kier alpha value is -2.73. The molecule has 1 aliphatic heterocycles. The van der Waals surface area contributed by atoms with Crippen molar-refractivity contribution in [1.82, 2.24) is 15.1 Å². The summed E-state index contributed by atoms with van der Waals surface area (Å²) in [6.07, 6.45) is 0.472. The summed E-state index contributed by atoms with van der Waals surface area (Å²) in [6.45, 7) is 2.55. The molecule has 1 heterocycles.